The molecule has 0 aromatic heterocycles. The van der Waals surface area contributed by atoms with E-state index >= 15 is 0 Å². The molecule has 2 rings (SSSR count). The summed E-state index contributed by atoms with van der Waals surface area (Å²) in [6.45, 7) is 7.93. The van der Waals surface area contributed by atoms with Crippen molar-refractivity contribution >= 4 is 16.9 Å². The van der Waals surface area contributed by atoms with Crippen LogP contribution in [-0.2, 0) is 0 Å². The zero-order chi connectivity index (χ0) is 11.6. The molecule has 2 nitrogen and oxygen atoms in total. The Bertz CT molecular complexity index is 273. The lowest BCUT2D eigenvalue weighted by Crippen LogP contribution is -2.46. The van der Waals surface area contributed by atoms with Gasteiger partial charge in [-0.05, 0) is 44.9 Å². The Hall–Kier alpha value is -0.180. The third-order valence-corrected chi connectivity index (χ3v) is 4.62. The molecule has 1 aliphatic heterocycles. The maximum atomic E-state index is 4.76. The van der Waals surface area contributed by atoms with Crippen LogP contribution in [0.25, 0.3) is 0 Å². The van der Waals surface area contributed by atoms with Gasteiger partial charge in [-0.3, -0.25) is 4.99 Å². The van der Waals surface area contributed by atoms with Crippen molar-refractivity contribution < 1.29 is 0 Å². The molecule has 0 amide bonds. The van der Waals surface area contributed by atoms with Crippen LogP contribution in [0.4, 0.5) is 0 Å². The van der Waals surface area contributed by atoms with Crippen LogP contribution in [0.5, 0.6) is 0 Å². The van der Waals surface area contributed by atoms with Crippen molar-refractivity contribution in [1.82, 2.24) is 5.32 Å². The van der Waals surface area contributed by atoms with Gasteiger partial charge in [-0.25, -0.2) is 0 Å². The minimum Gasteiger partial charge on any atom is -0.360 e. The smallest absolute Gasteiger partial charge is 0.156 e. The minimum atomic E-state index is 0.243. The molecule has 0 radical (unpaired) electrons. The summed E-state index contributed by atoms with van der Waals surface area (Å²) in [5.41, 5.74) is 0.243. The molecule has 2 aliphatic rings. The Morgan fingerprint density at radius 1 is 1.44 bits per heavy atom. The molecule has 16 heavy (non-hydrogen) atoms. The number of rotatable bonds is 2. The quantitative estimate of drug-likeness (QED) is 0.801. The normalized spacial score (nSPS) is 36.3. The molecule has 92 valence electrons. The summed E-state index contributed by atoms with van der Waals surface area (Å²) in [5, 5.41) is 4.72. The lowest BCUT2D eigenvalue weighted by atomic mass is 10.0. The first-order chi connectivity index (χ1) is 7.55. The number of aliphatic imine (C=N–C) groups is 1. The molecule has 0 aromatic carbocycles. The number of amidine groups is 1. The fourth-order valence-corrected chi connectivity index (χ4v) is 3.90. The second-order valence-corrected chi connectivity index (χ2v) is 7.12. The third kappa shape index (κ3) is 3.41. The Morgan fingerprint density at radius 3 is 2.88 bits per heavy atom. The minimum absolute atomic E-state index is 0.243. The Morgan fingerprint density at radius 2 is 2.25 bits per heavy atom. The molecule has 1 aliphatic carbocycles. The van der Waals surface area contributed by atoms with E-state index in [9.17, 15) is 0 Å². The van der Waals surface area contributed by atoms with Crippen LogP contribution >= 0.6 is 11.8 Å². The van der Waals surface area contributed by atoms with Crippen molar-refractivity contribution in [2.24, 2.45) is 16.8 Å². The maximum Gasteiger partial charge on any atom is 0.156 e. The fourth-order valence-electron chi connectivity index (χ4n) is 2.58. The van der Waals surface area contributed by atoms with Gasteiger partial charge in [0.15, 0.2) is 5.17 Å². The summed E-state index contributed by atoms with van der Waals surface area (Å²) in [7, 11) is 0. The first kappa shape index (κ1) is 12.3. The summed E-state index contributed by atoms with van der Waals surface area (Å²) in [4.78, 5) is 4.76. The highest BCUT2D eigenvalue weighted by molar-refractivity contribution is 8.13. The summed E-state index contributed by atoms with van der Waals surface area (Å²) in [6, 6.07) is 0. The predicted molar refractivity (Wildman–Crippen MR) is 73.1 cm³/mol. The standard InChI is InChI=1S/C13H24N2S/c1-10-4-5-11(8-10)9-14-12-15-13(2,3)6-7-16-12/h10-11H,4-9H2,1-3H3,(H,14,15). The molecule has 0 spiro atoms. The number of nitrogens with one attached hydrogen (secondary N) is 1. The van der Waals surface area contributed by atoms with E-state index in [-0.39, 0.29) is 5.54 Å². The average Bonchev–Trinajstić information content (AvgIpc) is 2.60. The van der Waals surface area contributed by atoms with Crippen LogP contribution in [0, 0.1) is 11.8 Å². The second-order valence-electron chi connectivity index (χ2n) is 6.04. The van der Waals surface area contributed by atoms with Crippen molar-refractivity contribution in [1.29, 1.82) is 0 Å². The van der Waals surface area contributed by atoms with Gasteiger partial charge < -0.3 is 5.32 Å². The first-order valence-electron chi connectivity index (χ1n) is 6.50. The lowest BCUT2D eigenvalue weighted by Gasteiger charge is -2.32. The topological polar surface area (TPSA) is 24.4 Å². The van der Waals surface area contributed by atoms with E-state index in [1.807, 2.05) is 11.8 Å². The number of nitrogens with zero attached hydrogens (tertiary/aromatic N) is 1. The summed E-state index contributed by atoms with van der Waals surface area (Å²) in [6.07, 6.45) is 5.40. The van der Waals surface area contributed by atoms with E-state index in [4.69, 9.17) is 4.99 Å². The highest BCUT2D eigenvalue weighted by Gasteiger charge is 2.25. The van der Waals surface area contributed by atoms with Crippen molar-refractivity contribution in [3.8, 4) is 0 Å². The molecular formula is C13H24N2S. The third-order valence-electron chi connectivity index (χ3n) is 3.71. The van der Waals surface area contributed by atoms with Gasteiger partial charge in [0, 0.05) is 17.8 Å². The van der Waals surface area contributed by atoms with Gasteiger partial charge in [-0.1, -0.05) is 25.1 Å². The van der Waals surface area contributed by atoms with Crippen LogP contribution in [0.1, 0.15) is 46.5 Å². The summed E-state index contributed by atoms with van der Waals surface area (Å²) in [5.74, 6) is 2.98. The molecule has 1 N–H and O–H groups in total. The zero-order valence-corrected chi connectivity index (χ0v) is 11.6. The average molecular weight is 240 g/mol. The van der Waals surface area contributed by atoms with Crippen LogP contribution in [0.15, 0.2) is 4.99 Å². The molecule has 0 aromatic rings. The summed E-state index contributed by atoms with van der Waals surface area (Å²) >= 11 is 1.89. The van der Waals surface area contributed by atoms with Gasteiger partial charge in [0.1, 0.15) is 0 Å². The molecule has 2 fully saturated rings. The predicted octanol–water partition coefficient (Wildman–Crippen LogP) is 3.28. The van der Waals surface area contributed by atoms with E-state index < -0.39 is 0 Å². The van der Waals surface area contributed by atoms with Gasteiger partial charge in [0.05, 0.1) is 0 Å². The number of thioether (sulfide) groups is 1. The fraction of sp³-hybridized carbons (Fsp3) is 0.923. The Kier molecular flexibility index (Phi) is 3.83. The molecular weight excluding hydrogens is 216 g/mol. The van der Waals surface area contributed by atoms with Crippen molar-refractivity contribution in [3.63, 3.8) is 0 Å². The van der Waals surface area contributed by atoms with Crippen LogP contribution in [0.3, 0.4) is 0 Å². The van der Waals surface area contributed by atoms with Gasteiger partial charge >= 0.3 is 0 Å². The number of hydrogen-bond acceptors (Lipinski definition) is 2. The maximum absolute atomic E-state index is 4.76. The van der Waals surface area contributed by atoms with Gasteiger partial charge in [-0.15, -0.1) is 0 Å². The van der Waals surface area contributed by atoms with E-state index in [0.29, 0.717) is 0 Å². The molecule has 1 saturated heterocycles. The van der Waals surface area contributed by atoms with Crippen molar-refractivity contribution in [3.05, 3.63) is 0 Å². The van der Waals surface area contributed by atoms with E-state index in [0.717, 1.165) is 18.4 Å². The lowest BCUT2D eigenvalue weighted by molar-refractivity contribution is 0.444. The Labute approximate surface area is 104 Å². The highest BCUT2D eigenvalue weighted by atomic mass is 32.2. The van der Waals surface area contributed by atoms with Crippen LogP contribution < -0.4 is 5.32 Å². The highest BCUT2D eigenvalue weighted by Crippen LogP contribution is 2.30. The SMILES string of the molecule is CC1CCC(CN=C2NC(C)(C)CCS2)C1. The van der Waals surface area contributed by atoms with Gasteiger partial charge in [-0.2, -0.15) is 0 Å². The zero-order valence-electron chi connectivity index (χ0n) is 10.8. The molecule has 3 heteroatoms. The molecule has 0 bridgehead atoms. The first-order valence-corrected chi connectivity index (χ1v) is 7.49. The van der Waals surface area contributed by atoms with Gasteiger partial charge in [0.2, 0.25) is 0 Å². The monoisotopic (exact) mass is 240 g/mol. The largest absolute Gasteiger partial charge is 0.360 e. The van der Waals surface area contributed by atoms with E-state index in [1.54, 1.807) is 0 Å². The van der Waals surface area contributed by atoms with Crippen molar-refractivity contribution in [2.45, 2.75) is 52.0 Å². The number of hydrogen-bond donors (Lipinski definition) is 1. The molecule has 1 saturated carbocycles. The molecule has 2 unspecified atom stereocenters. The van der Waals surface area contributed by atoms with Crippen molar-refractivity contribution in [2.75, 3.05) is 12.3 Å². The molecule has 2 atom stereocenters. The van der Waals surface area contributed by atoms with Gasteiger partial charge in [0.25, 0.3) is 0 Å². The van der Waals surface area contributed by atoms with E-state index in [2.05, 4.69) is 26.1 Å². The molecule has 1 heterocycles. The Balaban J connectivity index is 1.83. The van der Waals surface area contributed by atoms with E-state index in [1.165, 1.54) is 36.6 Å². The second kappa shape index (κ2) is 4.99. The van der Waals surface area contributed by atoms with Crippen LogP contribution in [-0.4, -0.2) is 23.0 Å². The summed E-state index contributed by atoms with van der Waals surface area (Å²) < 4.78 is 0. The van der Waals surface area contributed by atoms with Crippen LogP contribution in [0.2, 0.25) is 0 Å².